The first-order valence-corrected chi connectivity index (χ1v) is 7.57. The van der Waals surface area contributed by atoms with Crippen LogP contribution in [-0.2, 0) is 0 Å². The van der Waals surface area contributed by atoms with Gasteiger partial charge in [0.15, 0.2) is 0 Å². The Bertz CT molecular complexity index is 638. The zero-order valence-electron chi connectivity index (χ0n) is 10.4. The van der Waals surface area contributed by atoms with Gasteiger partial charge in [0.05, 0.1) is 16.1 Å². The number of hydrogen-bond donors (Lipinski definition) is 1. The molecule has 0 bridgehead atoms. The number of benzene rings is 2. The fourth-order valence-corrected chi connectivity index (χ4v) is 3.36. The second-order valence-electron chi connectivity index (χ2n) is 3.94. The number of halogens is 3. The van der Waals surface area contributed by atoms with E-state index in [1.807, 2.05) is 0 Å². The van der Waals surface area contributed by atoms with Crippen LogP contribution in [0.4, 0.5) is 5.69 Å². The molecule has 3 nitrogen and oxygen atoms in total. The van der Waals surface area contributed by atoms with Gasteiger partial charge in [-0.15, -0.1) is 0 Å². The highest BCUT2D eigenvalue weighted by Crippen LogP contribution is 2.34. The standard InChI is InChI=1S/C14H10Br2ClNO2/c1-20-13-11(15)5-8(6-12(13)16)14(19)18-10-4-2-3-9(17)7-10/h2-7H,1H3,(H,18,19). The monoisotopic (exact) mass is 417 g/mol. The Morgan fingerprint density at radius 3 is 2.40 bits per heavy atom. The van der Waals surface area contributed by atoms with Crippen molar-refractivity contribution in [1.82, 2.24) is 0 Å². The molecule has 20 heavy (non-hydrogen) atoms. The van der Waals surface area contributed by atoms with Gasteiger partial charge >= 0.3 is 0 Å². The van der Waals surface area contributed by atoms with E-state index in [4.69, 9.17) is 16.3 Å². The first kappa shape index (κ1) is 15.4. The molecule has 0 saturated carbocycles. The molecule has 1 N–H and O–H groups in total. The van der Waals surface area contributed by atoms with Crippen LogP contribution < -0.4 is 10.1 Å². The van der Waals surface area contributed by atoms with Gasteiger partial charge in [-0.25, -0.2) is 0 Å². The summed E-state index contributed by atoms with van der Waals surface area (Å²) in [4.78, 5) is 12.2. The van der Waals surface area contributed by atoms with Crippen LogP contribution in [0, 0.1) is 0 Å². The Hall–Kier alpha value is -1.04. The third-order valence-electron chi connectivity index (χ3n) is 2.55. The lowest BCUT2D eigenvalue weighted by Crippen LogP contribution is -2.12. The number of rotatable bonds is 3. The van der Waals surface area contributed by atoms with Crippen LogP contribution in [0.15, 0.2) is 45.3 Å². The first-order chi connectivity index (χ1) is 9.51. The Kier molecular flexibility index (Phi) is 5.07. The zero-order valence-corrected chi connectivity index (χ0v) is 14.3. The van der Waals surface area contributed by atoms with E-state index in [0.717, 1.165) is 0 Å². The van der Waals surface area contributed by atoms with Crippen LogP contribution in [0.1, 0.15) is 10.4 Å². The van der Waals surface area contributed by atoms with Crippen molar-refractivity contribution in [2.45, 2.75) is 0 Å². The summed E-state index contributed by atoms with van der Waals surface area (Å²) in [5.74, 6) is 0.417. The maximum atomic E-state index is 12.2. The van der Waals surface area contributed by atoms with Gasteiger partial charge in [0.1, 0.15) is 5.75 Å². The molecule has 2 rings (SSSR count). The second-order valence-corrected chi connectivity index (χ2v) is 6.08. The normalized spacial score (nSPS) is 10.2. The van der Waals surface area contributed by atoms with Crippen molar-refractivity contribution in [1.29, 1.82) is 0 Å². The van der Waals surface area contributed by atoms with E-state index >= 15 is 0 Å². The minimum atomic E-state index is -0.226. The van der Waals surface area contributed by atoms with Crippen molar-refractivity contribution in [2.75, 3.05) is 12.4 Å². The summed E-state index contributed by atoms with van der Waals surface area (Å²) >= 11 is 12.6. The Morgan fingerprint density at radius 1 is 1.20 bits per heavy atom. The molecule has 0 atom stereocenters. The van der Waals surface area contributed by atoms with Crippen molar-refractivity contribution >= 4 is 55.1 Å². The number of hydrogen-bond acceptors (Lipinski definition) is 2. The molecule has 104 valence electrons. The van der Waals surface area contributed by atoms with E-state index in [9.17, 15) is 4.79 Å². The Morgan fingerprint density at radius 2 is 1.85 bits per heavy atom. The lowest BCUT2D eigenvalue weighted by Gasteiger charge is -2.10. The number of anilines is 1. The van der Waals surface area contributed by atoms with Crippen molar-refractivity contribution < 1.29 is 9.53 Å². The molecular formula is C14H10Br2ClNO2. The predicted octanol–water partition coefficient (Wildman–Crippen LogP) is 5.13. The molecule has 0 saturated heterocycles. The largest absolute Gasteiger partial charge is 0.494 e. The predicted molar refractivity (Wildman–Crippen MR) is 87.8 cm³/mol. The summed E-state index contributed by atoms with van der Waals surface area (Å²) in [6.07, 6.45) is 0. The molecule has 2 aromatic carbocycles. The van der Waals surface area contributed by atoms with Gasteiger partial charge in [0, 0.05) is 16.3 Å². The minimum Gasteiger partial charge on any atom is -0.494 e. The van der Waals surface area contributed by atoms with Gasteiger partial charge in [-0.1, -0.05) is 17.7 Å². The van der Waals surface area contributed by atoms with E-state index in [1.165, 1.54) is 0 Å². The fraction of sp³-hybridized carbons (Fsp3) is 0.0714. The van der Waals surface area contributed by atoms with Crippen molar-refractivity contribution in [2.24, 2.45) is 0 Å². The van der Waals surface area contributed by atoms with Crippen LogP contribution in [0.25, 0.3) is 0 Å². The molecule has 0 aliphatic carbocycles. The molecule has 0 heterocycles. The highest BCUT2D eigenvalue weighted by molar-refractivity contribution is 9.11. The maximum Gasteiger partial charge on any atom is 0.255 e. The molecule has 0 fully saturated rings. The Balaban J connectivity index is 2.26. The number of ether oxygens (including phenoxy) is 1. The average molecular weight is 420 g/mol. The number of methoxy groups -OCH3 is 1. The number of nitrogens with one attached hydrogen (secondary N) is 1. The van der Waals surface area contributed by atoms with Gasteiger partial charge < -0.3 is 10.1 Å². The van der Waals surface area contributed by atoms with Crippen molar-refractivity contribution in [3.8, 4) is 5.75 Å². The minimum absolute atomic E-state index is 0.226. The average Bonchev–Trinajstić information content (AvgIpc) is 2.38. The zero-order chi connectivity index (χ0) is 14.7. The van der Waals surface area contributed by atoms with Crippen molar-refractivity contribution in [3.63, 3.8) is 0 Å². The molecule has 6 heteroatoms. The number of carbonyl (C=O) groups excluding carboxylic acids is 1. The summed E-state index contributed by atoms with van der Waals surface area (Å²) < 4.78 is 6.60. The molecule has 0 aromatic heterocycles. The maximum absolute atomic E-state index is 12.2. The van der Waals surface area contributed by atoms with Gasteiger partial charge in [-0.05, 0) is 62.2 Å². The van der Waals surface area contributed by atoms with E-state index < -0.39 is 0 Å². The Labute approximate surface area is 138 Å². The molecule has 0 aliphatic heterocycles. The van der Waals surface area contributed by atoms with Crippen LogP contribution in [0.5, 0.6) is 5.75 Å². The topological polar surface area (TPSA) is 38.3 Å². The van der Waals surface area contributed by atoms with Gasteiger partial charge in [-0.2, -0.15) is 0 Å². The van der Waals surface area contributed by atoms with Gasteiger partial charge in [0.2, 0.25) is 0 Å². The van der Waals surface area contributed by atoms with Crippen LogP contribution in [0.3, 0.4) is 0 Å². The molecule has 2 aromatic rings. The van der Waals surface area contributed by atoms with E-state index in [0.29, 0.717) is 31.0 Å². The molecule has 0 radical (unpaired) electrons. The number of amides is 1. The van der Waals surface area contributed by atoms with Crippen LogP contribution in [0.2, 0.25) is 5.02 Å². The lowest BCUT2D eigenvalue weighted by molar-refractivity contribution is 0.102. The van der Waals surface area contributed by atoms with E-state index in [-0.39, 0.29) is 5.91 Å². The molecular weight excluding hydrogens is 409 g/mol. The molecule has 1 amide bonds. The van der Waals surface area contributed by atoms with E-state index in [2.05, 4.69) is 37.2 Å². The summed E-state index contributed by atoms with van der Waals surface area (Å²) in [6.45, 7) is 0. The highest BCUT2D eigenvalue weighted by atomic mass is 79.9. The smallest absolute Gasteiger partial charge is 0.255 e. The third-order valence-corrected chi connectivity index (χ3v) is 3.96. The molecule has 0 unspecified atom stereocenters. The van der Waals surface area contributed by atoms with Crippen LogP contribution >= 0.6 is 43.5 Å². The summed E-state index contributed by atoms with van der Waals surface area (Å²) in [6, 6.07) is 10.4. The molecule has 0 spiro atoms. The quantitative estimate of drug-likeness (QED) is 0.749. The molecule has 0 aliphatic rings. The fourth-order valence-electron chi connectivity index (χ4n) is 1.66. The van der Waals surface area contributed by atoms with Gasteiger partial charge in [0.25, 0.3) is 5.91 Å². The van der Waals surface area contributed by atoms with Crippen LogP contribution in [-0.4, -0.2) is 13.0 Å². The van der Waals surface area contributed by atoms with Gasteiger partial charge in [-0.3, -0.25) is 4.79 Å². The van der Waals surface area contributed by atoms with Crippen molar-refractivity contribution in [3.05, 3.63) is 55.9 Å². The summed E-state index contributed by atoms with van der Waals surface area (Å²) in [5, 5.41) is 3.35. The number of carbonyl (C=O) groups is 1. The lowest BCUT2D eigenvalue weighted by atomic mass is 10.2. The summed E-state index contributed by atoms with van der Waals surface area (Å²) in [7, 11) is 1.57. The highest BCUT2D eigenvalue weighted by Gasteiger charge is 2.13. The first-order valence-electron chi connectivity index (χ1n) is 5.61. The summed E-state index contributed by atoms with van der Waals surface area (Å²) in [5.41, 5.74) is 1.15. The third kappa shape index (κ3) is 3.53. The van der Waals surface area contributed by atoms with E-state index in [1.54, 1.807) is 43.5 Å². The second kappa shape index (κ2) is 6.61. The SMILES string of the molecule is COc1c(Br)cc(C(=O)Nc2cccc(Cl)c2)cc1Br.